The van der Waals surface area contributed by atoms with Gasteiger partial charge in [-0.05, 0) is 23.0 Å². The average molecular weight is 859 g/mol. The van der Waals surface area contributed by atoms with Crippen molar-refractivity contribution in [3.8, 4) is 22.3 Å². The molecule has 0 saturated carbocycles. The summed E-state index contributed by atoms with van der Waals surface area (Å²) in [6, 6.07) is 41.1. The van der Waals surface area contributed by atoms with E-state index in [9.17, 15) is 0 Å². The maximum atomic E-state index is 4.93. The Morgan fingerprint density at radius 3 is 1.17 bits per heavy atom. The van der Waals surface area contributed by atoms with E-state index in [1.165, 1.54) is 67.8 Å². The van der Waals surface area contributed by atoms with Crippen molar-refractivity contribution < 1.29 is 20.8 Å². The van der Waals surface area contributed by atoms with Crippen molar-refractivity contribution in [3.05, 3.63) is 120 Å². The molecule has 0 aromatic heterocycles. The van der Waals surface area contributed by atoms with E-state index in [1.54, 1.807) is 10.4 Å². The molecule has 6 rings (SSSR count). The van der Waals surface area contributed by atoms with Crippen molar-refractivity contribution in [2.24, 2.45) is 0 Å². The Labute approximate surface area is 340 Å². The number of benzene rings is 4. The minimum absolute atomic E-state index is 0.627. The molecule has 0 aliphatic carbocycles. The van der Waals surface area contributed by atoms with Crippen LogP contribution in [0.2, 0.25) is 52.4 Å². The first kappa shape index (κ1) is 44.6. The molecule has 0 bridgehead atoms. The fraction of sp³-hybridized carbons (Fsp3) is 0.348. The fourth-order valence-corrected chi connectivity index (χ4v) is 10.0. The normalized spacial score (nSPS) is 12.4. The number of rotatable bonds is 8. The van der Waals surface area contributed by atoms with Crippen LogP contribution >= 0.6 is 17.0 Å². The van der Waals surface area contributed by atoms with Gasteiger partial charge >= 0.3 is 37.9 Å². The monoisotopic (exact) mass is 856 g/mol. The molecule has 274 valence electrons. The van der Waals surface area contributed by atoms with Crippen LogP contribution in [0.1, 0.15) is 63.5 Å². The van der Waals surface area contributed by atoms with Crippen LogP contribution in [0.5, 0.6) is 0 Å². The van der Waals surface area contributed by atoms with Gasteiger partial charge in [-0.2, -0.15) is 12.1 Å². The van der Waals surface area contributed by atoms with Gasteiger partial charge in [0, 0.05) is 9.52 Å². The number of hydrogen-bond acceptors (Lipinski definition) is 0. The van der Waals surface area contributed by atoms with Gasteiger partial charge in [-0.25, -0.2) is 0 Å². The SMILES string of the molecule is CCC(C)c1cc2c(-c3ccccc3[Si](C)(C)C)cccc2[cH-]1.CCC(C)c1cc2c(-c3ccccc3[Si](C)(C)C)cccc2[cH-]1.C[Si]C.[Cl][Zr+2][Cl]. The molecule has 2 radical (unpaired) electrons. The molecule has 6 heteroatoms. The Bertz CT molecular complexity index is 1830. The molecule has 0 heterocycles. The van der Waals surface area contributed by atoms with E-state index in [0.29, 0.717) is 11.8 Å². The van der Waals surface area contributed by atoms with Gasteiger partial charge in [-0.15, -0.1) is 69.1 Å². The van der Waals surface area contributed by atoms with E-state index in [2.05, 4.69) is 189 Å². The summed E-state index contributed by atoms with van der Waals surface area (Å²) in [5, 5.41) is 8.69. The zero-order chi connectivity index (χ0) is 38.6. The summed E-state index contributed by atoms with van der Waals surface area (Å²) < 4.78 is 0. The Kier molecular flexibility index (Phi) is 17.8. The van der Waals surface area contributed by atoms with E-state index in [4.69, 9.17) is 17.0 Å². The zero-order valence-corrected chi connectivity index (χ0v) is 40.7. The van der Waals surface area contributed by atoms with Crippen molar-refractivity contribution in [1.82, 2.24) is 0 Å². The molecule has 0 aliphatic heterocycles. The summed E-state index contributed by atoms with van der Waals surface area (Å²) in [4.78, 5) is 0. The third-order valence-corrected chi connectivity index (χ3v) is 14.1. The first-order valence-electron chi connectivity index (χ1n) is 18.8. The topological polar surface area (TPSA) is 0 Å². The second-order valence-electron chi connectivity index (χ2n) is 16.0. The van der Waals surface area contributed by atoms with Gasteiger partial charge in [0.1, 0.15) is 0 Å². The number of halogens is 2. The van der Waals surface area contributed by atoms with Crippen LogP contribution in [0.15, 0.2) is 109 Å². The van der Waals surface area contributed by atoms with Crippen molar-refractivity contribution in [2.75, 3.05) is 0 Å². The molecule has 0 nitrogen and oxygen atoms in total. The Morgan fingerprint density at radius 2 is 0.865 bits per heavy atom. The second kappa shape index (κ2) is 20.8. The van der Waals surface area contributed by atoms with E-state index in [-0.39, 0.29) is 0 Å². The van der Waals surface area contributed by atoms with Gasteiger partial charge in [-0.3, -0.25) is 0 Å². The summed E-state index contributed by atoms with van der Waals surface area (Å²) in [6.07, 6.45) is 2.38. The summed E-state index contributed by atoms with van der Waals surface area (Å²) >= 11 is -0.826. The van der Waals surface area contributed by atoms with Crippen molar-refractivity contribution in [1.29, 1.82) is 0 Å². The number of hydrogen-bond donors (Lipinski definition) is 0. The Hall–Kier alpha value is -1.79. The molecule has 52 heavy (non-hydrogen) atoms. The van der Waals surface area contributed by atoms with Crippen LogP contribution < -0.4 is 10.4 Å². The maximum absolute atomic E-state index is 4.93. The van der Waals surface area contributed by atoms with Gasteiger partial charge in [0.15, 0.2) is 0 Å². The van der Waals surface area contributed by atoms with Crippen LogP contribution in [0.4, 0.5) is 0 Å². The Balaban J connectivity index is 0.000000244. The molecular weight excluding hydrogens is 799 g/mol. The summed E-state index contributed by atoms with van der Waals surface area (Å²) in [7, 11) is 8.21. The molecule has 0 saturated heterocycles. The number of fused-ring (bicyclic) bond motifs is 2. The molecule has 0 aliphatic rings. The van der Waals surface area contributed by atoms with E-state index in [1.807, 2.05) is 0 Å². The summed E-state index contributed by atoms with van der Waals surface area (Å²) in [5.74, 6) is 1.25. The summed E-state index contributed by atoms with van der Waals surface area (Å²) in [6.45, 7) is 28.1. The van der Waals surface area contributed by atoms with Crippen LogP contribution in [-0.4, -0.2) is 25.7 Å². The molecule has 0 spiro atoms. The van der Waals surface area contributed by atoms with E-state index >= 15 is 0 Å². The fourth-order valence-electron chi connectivity index (χ4n) is 6.77. The van der Waals surface area contributed by atoms with Gasteiger partial charge in [0.2, 0.25) is 0 Å². The standard InChI is InChI=1S/2C22H27Si.C2H6Si.2ClH.Zr/c2*1-6-16(2)18-14-17-10-9-12-19(21(17)15-18)20-11-7-8-13-22(20)23(3,4)5;1-3-2;;;/h2*7-16H,6H2,1-5H3;1-2H3;2*1H;/q2*-1;;;;+4/p-2. The van der Waals surface area contributed by atoms with Crippen molar-refractivity contribution in [2.45, 2.75) is 105 Å². The molecule has 0 N–H and O–H groups in total. The molecule has 6 aromatic rings. The predicted octanol–water partition coefficient (Wildman–Crippen LogP) is 14.7. The predicted molar refractivity (Wildman–Crippen MR) is 243 cm³/mol. The van der Waals surface area contributed by atoms with Crippen molar-refractivity contribution in [3.63, 3.8) is 0 Å². The molecule has 0 fully saturated rings. The third kappa shape index (κ3) is 11.6. The van der Waals surface area contributed by atoms with Gasteiger partial charge in [0.05, 0.1) is 16.1 Å². The van der Waals surface area contributed by atoms with Gasteiger partial charge < -0.3 is 0 Å². The molecule has 2 atom stereocenters. The first-order chi connectivity index (χ1) is 24.7. The molecule has 2 unspecified atom stereocenters. The quantitative estimate of drug-likeness (QED) is 0.106. The Morgan fingerprint density at radius 1 is 0.558 bits per heavy atom. The van der Waals surface area contributed by atoms with Gasteiger partial charge in [0.25, 0.3) is 0 Å². The molecule has 6 aromatic carbocycles. The van der Waals surface area contributed by atoms with Crippen LogP contribution in [0.25, 0.3) is 43.8 Å². The third-order valence-electron chi connectivity index (χ3n) is 9.96. The zero-order valence-electron chi connectivity index (χ0n) is 33.7. The minimum atomic E-state index is -1.37. The first-order valence-corrected chi connectivity index (χ1v) is 34.1. The van der Waals surface area contributed by atoms with Crippen LogP contribution in [0.3, 0.4) is 0 Å². The van der Waals surface area contributed by atoms with Crippen LogP contribution in [0, 0.1) is 0 Å². The molecule has 0 amide bonds. The average Bonchev–Trinajstić information content (AvgIpc) is 3.76. The van der Waals surface area contributed by atoms with Crippen LogP contribution in [-0.2, 0) is 20.8 Å². The summed E-state index contributed by atoms with van der Waals surface area (Å²) in [5.41, 5.74) is 8.60. The van der Waals surface area contributed by atoms with E-state index in [0.717, 1.165) is 9.52 Å². The van der Waals surface area contributed by atoms with Gasteiger partial charge in [-0.1, -0.05) is 175 Å². The van der Waals surface area contributed by atoms with E-state index < -0.39 is 37.0 Å². The van der Waals surface area contributed by atoms with Crippen molar-refractivity contribution >= 4 is 74.6 Å². The second-order valence-corrected chi connectivity index (χ2v) is 30.8. The molecular formula is C46H60Cl2Si3Zr.